The lowest BCUT2D eigenvalue weighted by Gasteiger charge is -2.21. The van der Waals surface area contributed by atoms with Crippen molar-refractivity contribution in [2.75, 3.05) is 6.61 Å². The summed E-state index contributed by atoms with van der Waals surface area (Å²) in [6, 6.07) is 6.36. The molecule has 0 aliphatic carbocycles. The summed E-state index contributed by atoms with van der Waals surface area (Å²) in [4.78, 5) is 0. The molecule has 0 heterocycles. The lowest BCUT2D eigenvalue weighted by molar-refractivity contribution is 0.298. The van der Waals surface area contributed by atoms with Crippen molar-refractivity contribution in [3.63, 3.8) is 0 Å². The van der Waals surface area contributed by atoms with Crippen LogP contribution in [0.4, 0.5) is 4.39 Å². The van der Waals surface area contributed by atoms with Crippen molar-refractivity contribution < 1.29 is 9.50 Å². The molecule has 82 valence electrons. The molecule has 0 bridgehead atoms. The molecule has 0 saturated heterocycles. The summed E-state index contributed by atoms with van der Waals surface area (Å²) in [5.74, 6) is -0.255. The van der Waals surface area contributed by atoms with E-state index < -0.39 is 0 Å². The molecule has 0 spiro atoms. The van der Waals surface area contributed by atoms with Gasteiger partial charge in [-0.1, -0.05) is 39.0 Å². The minimum atomic E-state index is -0.255. The van der Waals surface area contributed by atoms with Gasteiger partial charge in [-0.15, -0.1) is 0 Å². The molecule has 1 rings (SSSR count). The number of aliphatic hydroxyl groups is 1. The van der Waals surface area contributed by atoms with Gasteiger partial charge in [0.2, 0.25) is 0 Å². The van der Waals surface area contributed by atoms with Gasteiger partial charge >= 0.3 is 0 Å². The smallest absolute Gasteiger partial charge is 0.123 e. The van der Waals surface area contributed by atoms with Gasteiger partial charge in [0.15, 0.2) is 0 Å². The van der Waals surface area contributed by atoms with Crippen molar-refractivity contribution in [1.29, 1.82) is 0 Å². The first-order valence-electron chi connectivity index (χ1n) is 5.01. The summed E-state index contributed by atoms with van der Waals surface area (Å²) >= 11 is 0. The van der Waals surface area contributed by atoms with Crippen LogP contribution in [0.3, 0.4) is 0 Å². The maximum Gasteiger partial charge on any atom is 0.123 e. The molecule has 0 fully saturated rings. The molecule has 0 unspecified atom stereocenters. The van der Waals surface area contributed by atoms with Crippen LogP contribution in [0.15, 0.2) is 29.8 Å². The van der Waals surface area contributed by atoms with Crippen molar-refractivity contribution in [2.24, 2.45) is 5.41 Å². The predicted molar refractivity (Wildman–Crippen MR) is 60.9 cm³/mol. The van der Waals surface area contributed by atoms with Gasteiger partial charge < -0.3 is 5.11 Å². The Balaban J connectivity index is 3.04. The molecule has 1 nitrogen and oxygen atoms in total. The highest BCUT2D eigenvalue weighted by Gasteiger charge is 2.15. The van der Waals surface area contributed by atoms with Gasteiger partial charge in [-0.25, -0.2) is 4.39 Å². The highest BCUT2D eigenvalue weighted by atomic mass is 19.1. The molecule has 1 aromatic carbocycles. The van der Waals surface area contributed by atoms with E-state index in [0.717, 1.165) is 11.1 Å². The van der Waals surface area contributed by atoms with Crippen molar-refractivity contribution in [3.8, 4) is 0 Å². The molecule has 0 aliphatic heterocycles. The summed E-state index contributed by atoms with van der Waals surface area (Å²) in [7, 11) is 0. The zero-order valence-corrected chi connectivity index (χ0v) is 9.42. The first kappa shape index (κ1) is 11.9. The molecule has 0 atom stereocenters. The van der Waals surface area contributed by atoms with E-state index in [1.165, 1.54) is 12.1 Å². The summed E-state index contributed by atoms with van der Waals surface area (Å²) < 4.78 is 12.9. The van der Waals surface area contributed by atoms with Crippen molar-refractivity contribution in [1.82, 2.24) is 0 Å². The summed E-state index contributed by atoms with van der Waals surface area (Å²) in [6.45, 7) is 6.07. The number of halogens is 1. The van der Waals surface area contributed by atoms with Crippen LogP contribution in [0.25, 0.3) is 6.08 Å². The van der Waals surface area contributed by atoms with Crippen LogP contribution in [-0.4, -0.2) is 11.7 Å². The van der Waals surface area contributed by atoms with E-state index in [9.17, 15) is 9.50 Å². The third-order valence-electron chi connectivity index (χ3n) is 2.32. The molecular formula is C13H17FO. The number of benzene rings is 1. The van der Waals surface area contributed by atoms with Gasteiger partial charge in [0, 0.05) is 0 Å². The number of aliphatic hydroxyl groups excluding tert-OH is 1. The molecule has 1 N–H and O–H groups in total. The number of hydrogen-bond donors (Lipinski definition) is 1. The van der Waals surface area contributed by atoms with Crippen LogP contribution in [-0.2, 0) is 0 Å². The maximum absolute atomic E-state index is 12.9. The fraction of sp³-hybridized carbons (Fsp3) is 0.385. The molecule has 0 amide bonds. The largest absolute Gasteiger partial charge is 0.392 e. The quantitative estimate of drug-likeness (QED) is 0.791. The molecule has 15 heavy (non-hydrogen) atoms. The molecule has 1 aromatic rings. The minimum absolute atomic E-state index is 0.0000132. The van der Waals surface area contributed by atoms with E-state index in [2.05, 4.69) is 0 Å². The molecule has 0 saturated carbocycles. The Morgan fingerprint density at radius 3 is 2.53 bits per heavy atom. The molecule has 0 radical (unpaired) electrons. The van der Waals surface area contributed by atoms with Gasteiger partial charge in [-0.2, -0.15) is 0 Å². The lowest BCUT2D eigenvalue weighted by atomic mass is 9.86. The summed E-state index contributed by atoms with van der Waals surface area (Å²) in [5, 5.41) is 9.23. The van der Waals surface area contributed by atoms with E-state index in [-0.39, 0.29) is 17.8 Å². The molecule has 0 aliphatic rings. The third kappa shape index (κ3) is 3.48. The topological polar surface area (TPSA) is 20.2 Å². The standard InChI is InChI=1S/C13H17FO/c1-13(2,3)11(9-15)7-10-5-4-6-12(14)8-10/h4-8,15H,9H2,1-3H3/b11-7+. The van der Waals surface area contributed by atoms with E-state index in [1.54, 1.807) is 6.07 Å². The highest BCUT2D eigenvalue weighted by molar-refractivity contribution is 5.54. The summed E-state index contributed by atoms with van der Waals surface area (Å²) in [5.41, 5.74) is 1.59. The Bertz CT molecular complexity index is 361. The molecule has 2 heteroatoms. The monoisotopic (exact) mass is 208 g/mol. The van der Waals surface area contributed by atoms with Gasteiger partial charge in [-0.3, -0.25) is 0 Å². The average Bonchev–Trinajstić information content (AvgIpc) is 2.12. The van der Waals surface area contributed by atoms with E-state index in [0.29, 0.717) is 0 Å². The third-order valence-corrected chi connectivity index (χ3v) is 2.32. The SMILES string of the molecule is CC(C)(C)/C(=C/c1cccc(F)c1)CO. The van der Waals surface area contributed by atoms with Crippen LogP contribution in [0.1, 0.15) is 26.3 Å². The maximum atomic E-state index is 12.9. The molecule has 0 aromatic heterocycles. The Labute approximate surface area is 90.3 Å². The van der Waals surface area contributed by atoms with Crippen LogP contribution >= 0.6 is 0 Å². The fourth-order valence-corrected chi connectivity index (χ4v) is 1.30. The minimum Gasteiger partial charge on any atom is -0.392 e. The van der Waals surface area contributed by atoms with Gasteiger partial charge in [0.25, 0.3) is 0 Å². The Kier molecular flexibility index (Phi) is 3.64. The molecular weight excluding hydrogens is 191 g/mol. The van der Waals surface area contributed by atoms with Crippen LogP contribution in [0.2, 0.25) is 0 Å². The zero-order chi connectivity index (χ0) is 11.5. The van der Waals surface area contributed by atoms with Gasteiger partial charge in [0.05, 0.1) is 6.61 Å². The first-order chi connectivity index (χ1) is 6.93. The summed E-state index contributed by atoms with van der Waals surface area (Å²) in [6.07, 6.45) is 1.84. The Morgan fingerprint density at radius 2 is 2.07 bits per heavy atom. The van der Waals surface area contributed by atoms with Crippen molar-refractivity contribution >= 4 is 6.08 Å². The van der Waals surface area contributed by atoms with E-state index >= 15 is 0 Å². The average molecular weight is 208 g/mol. The second kappa shape index (κ2) is 4.58. The second-order valence-electron chi connectivity index (χ2n) is 4.63. The Morgan fingerprint density at radius 1 is 1.40 bits per heavy atom. The fourth-order valence-electron chi connectivity index (χ4n) is 1.30. The van der Waals surface area contributed by atoms with Gasteiger partial charge in [-0.05, 0) is 28.7 Å². The van der Waals surface area contributed by atoms with Crippen LogP contribution < -0.4 is 0 Å². The van der Waals surface area contributed by atoms with Crippen molar-refractivity contribution in [2.45, 2.75) is 20.8 Å². The first-order valence-corrected chi connectivity index (χ1v) is 5.01. The Hall–Kier alpha value is -1.15. The second-order valence-corrected chi connectivity index (χ2v) is 4.63. The highest BCUT2D eigenvalue weighted by Crippen LogP contribution is 2.26. The number of rotatable bonds is 2. The number of hydrogen-bond acceptors (Lipinski definition) is 1. The normalized spacial score (nSPS) is 13.0. The van der Waals surface area contributed by atoms with Crippen molar-refractivity contribution in [3.05, 3.63) is 41.2 Å². The predicted octanol–water partition coefficient (Wildman–Crippen LogP) is 3.25. The van der Waals surface area contributed by atoms with Gasteiger partial charge in [0.1, 0.15) is 5.82 Å². The van der Waals surface area contributed by atoms with Crippen LogP contribution in [0, 0.1) is 11.2 Å². The van der Waals surface area contributed by atoms with E-state index in [1.807, 2.05) is 32.9 Å². The van der Waals surface area contributed by atoms with Crippen LogP contribution in [0.5, 0.6) is 0 Å². The lowest BCUT2D eigenvalue weighted by Crippen LogP contribution is -2.12. The zero-order valence-electron chi connectivity index (χ0n) is 9.42. The van der Waals surface area contributed by atoms with E-state index in [4.69, 9.17) is 0 Å².